The number of pyridine rings is 1. The Morgan fingerprint density at radius 3 is 2.53 bits per heavy atom. The Morgan fingerprint density at radius 1 is 1.00 bits per heavy atom. The van der Waals surface area contributed by atoms with Crippen molar-refractivity contribution in [2.45, 2.75) is 6.92 Å². The highest BCUT2D eigenvalue weighted by Gasteiger charge is 2.04. The summed E-state index contributed by atoms with van der Waals surface area (Å²) in [4.78, 5) is 4.51. The number of hydrogen-bond donors (Lipinski definition) is 1. The van der Waals surface area contributed by atoms with Gasteiger partial charge in [-0.3, -0.25) is 0 Å². The minimum atomic E-state index is 0.241. The van der Waals surface area contributed by atoms with Crippen molar-refractivity contribution in [3.63, 3.8) is 0 Å². The molecule has 0 bridgehead atoms. The lowest BCUT2D eigenvalue weighted by Crippen LogP contribution is -1.79. The molecular weight excluding hydrogens is 212 g/mol. The van der Waals surface area contributed by atoms with Gasteiger partial charge in [0.1, 0.15) is 11.4 Å². The fourth-order valence-corrected chi connectivity index (χ4v) is 1.84. The Morgan fingerprint density at radius 2 is 1.76 bits per heavy atom. The smallest absolute Gasteiger partial charge is 0.137 e. The predicted octanol–water partition coefficient (Wildman–Crippen LogP) is 3.02. The van der Waals surface area contributed by atoms with Gasteiger partial charge in [-0.2, -0.15) is 0 Å². The van der Waals surface area contributed by atoms with E-state index in [0.717, 1.165) is 16.9 Å². The predicted molar refractivity (Wildman–Crippen MR) is 67.0 cm³/mol. The van der Waals surface area contributed by atoms with Crippen LogP contribution in [0.1, 0.15) is 5.56 Å². The van der Waals surface area contributed by atoms with Gasteiger partial charge in [0.2, 0.25) is 0 Å². The van der Waals surface area contributed by atoms with E-state index < -0.39 is 0 Å². The summed E-state index contributed by atoms with van der Waals surface area (Å²) in [5.41, 5.74) is 4.06. The second-order valence-electron chi connectivity index (χ2n) is 4.14. The van der Waals surface area contributed by atoms with E-state index in [-0.39, 0.29) is 5.75 Å². The standard InChI is InChI=1S/C14H12N2O/c1-10-2-4-11(5-3-10)13-9-16-8-12(17)6-7-14(16)15-13/h2-9,17H,1H3. The normalized spacial score (nSPS) is 10.9. The lowest BCUT2D eigenvalue weighted by Gasteiger charge is -1.96. The summed E-state index contributed by atoms with van der Waals surface area (Å²) >= 11 is 0. The van der Waals surface area contributed by atoms with Crippen molar-refractivity contribution in [1.82, 2.24) is 9.38 Å². The van der Waals surface area contributed by atoms with E-state index in [4.69, 9.17) is 0 Å². The Balaban J connectivity index is 2.14. The number of fused-ring (bicyclic) bond motifs is 1. The van der Waals surface area contributed by atoms with Crippen molar-refractivity contribution < 1.29 is 5.11 Å². The first-order valence-corrected chi connectivity index (χ1v) is 5.47. The number of imidazole rings is 1. The Kier molecular flexibility index (Phi) is 2.11. The van der Waals surface area contributed by atoms with Gasteiger partial charge in [0, 0.05) is 11.8 Å². The third-order valence-electron chi connectivity index (χ3n) is 2.78. The molecule has 3 rings (SSSR count). The van der Waals surface area contributed by atoms with Crippen LogP contribution in [0.2, 0.25) is 0 Å². The maximum Gasteiger partial charge on any atom is 0.137 e. The molecule has 0 fully saturated rings. The average Bonchev–Trinajstić information content (AvgIpc) is 2.72. The molecule has 3 aromatic rings. The van der Waals surface area contributed by atoms with Crippen LogP contribution in [0.3, 0.4) is 0 Å². The summed E-state index contributed by atoms with van der Waals surface area (Å²) < 4.78 is 1.82. The monoisotopic (exact) mass is 224 g/mol. The maximum atomic E-state index is 9.40. The minimum absolute atomic E-state index is 0.241. The summed E-state index contributed by atoms with van der Waals surface area (Å²) in [5.74, 6) is 0.241. The summed E-state index contributed by atoms with van der Waals surface area (Å²) in [6.07, 6.45) is 3.57. The first-order valence-electron chi connectivity index (χ1n) is 5.47. The summed E-state index contributed by atoms with van der Waals surface area (Å²) in [7, 11) is 0. The number of rotatable bonds is 1. The fraction of sp³-hybridized carbons (Fsp3) is 0.0714. The van der Waals surface area contributed by atoms with Crippen molar-refractivity contribution in [2.24, 2.45) is 0 Å². The molecule has 0 atom stereocenters. The molecule has 84 valence electrons. The zero-order valence-corrected chi connectivity index (χ0v) is 9.46. The molecule has 1 aromatic carbocycles. The van der Waals surface area contributed by atoms with Crippen LogP contribution < -0.4 is 0 Å². The molecule has 3 heteroatoms. The van der Waals surface area contributed by atoms with Gasteiger partial charge in [-0.05, 0) is 19.1 Å². The first kappa shape index (κ1) is 9.90. The second kappa shape index (κ2) is 3.63. The van der Waals surface area contributed by atoms with E-state index in [1.165, 1.54) is 5.56 Å². The highest BCUT2D eigenvalue weighted by Crippen LogP contribution is 2.20. The van der Waals surface area contributed by atoms with Crippen LogP contribution in [0.15, 0.2) is 48.8 Å². The summed E-state index contributed by atoms with van der Waals surface area (Å²) in [6, 6.07) is 11.7. The van der Waals surface area contributed by atoms with Crippen LogP contribution in [0.4, 0.5) is 0 Å². The number of aromatic nitrogens is 2. The lowest BCUT2D eigenvalue weighted by atomic mass is 10.1. The molecule has 0 aliphatic carbocycles. The maximum absolute atomic E-state index is 9.40. The van der Waals surface area contributed by atoms with Crippen molar-refractivity contribution in [3.05, 3.63) is 54.4 Å². The van der Waals surface area contributed by atoms with Gasteiger partial charge < -0.3 is 9.51 Å². The highest BCUT2D eigenvalue weighted by molar-refractivity contribution is 5.63. The van der Waals surface area contributed by atoms with Gasteiger partial charge in [0.25, 0.3) is 0 Å². The molecule has 0 unspecified atom stereocenters. The summed E-state index contributed by atoms with van der Waals surface area (Å²) in [6.45, 7) is 2.06. The van der Waals surface area contributed by atoms with Crippen LogP contribution in [0.5, 0.6) is 5.75 Å². The minimum Gasteiger partial charge on any atom is -0.506 e. The van der Waals surface area contributed by atoms with Crippen molar-refractivity contribution in [3.8, 4) is 17.0 Å². The van der Waals surface area contributed by atoms with Crippen molar-refractivity contribution in [2.75, 3.05) is 0 Å². The molecule has 0 aliphatic rings. The van der Waals surface area contributed by atoms with E-state index in [0.29, 0.717) is 0 Å². The summed E-state index contributed by atoms with van der Waals surface area (Å²) in [5, 5.41) is 9.40. The largest absolute Gasteiger partial charge is 0.506 e. The second-order valence-corrected chi connectivity index (χ2v) is 4.14. The number of hydrogen-bond acceptors (Lipinski definition) is 2. The molecule has 2 heterocycles. The Hall–Kier alpha value is -2.29. The molecular formula is C14H12N2O. The van der Waals surface area contributed by atoms with Crippen molar-refractivity contribution in [1.29, 1.82) is 0 Å². The molecule has 0 saturated heterocycles. The third-order valence-corrected chi connectivity index (χ3v) is 2.78. The number of benzene rings is 1. The Bertz CT molecular complexity index is 668. The Labute approximate surface area is 99.0 Å². The van der Waals surface area contributed by atoms with Gasteiger partial charge in [-0.25, -0.2) is 4.98 Å². The zero-order valence-electron chi connectivity index (χ0n) is 9.46. The van der Waals surface area contributed by atoms with Gasteiger partial charge in [0.15, 0.2) is 0 Å². The van der Waals surface area contributed by atoms with E-state index in [2.05, 4.69) is 36.2 Å². The number of nitrogens with zero attached hydrogens (tertiary/aromatic N) is 2. The molecule has 0 aliphatic heterocycles. The molecule has 0 saturated carbocycles. The van der Waals surface area contributed by atoms with Gasteiger partial charge >= 0.3 is 0 Å². The first-order chi connectivity index (χ1) is 8.22. The number of aromatic hydroxyl groups is 1. The van der Waals surface area contributed by atoms with E-state index in [9.17, 15) is 5.11 Å². The van der Waals surface area contributed by atoms with E-state index >= 15 is 0 Å². The van der Waals surface area contributed by atoms with Gasteiger partial charge in [-0.1, -0.05) is 29.8 Å². The average molecular weight is 224 g/mol. The third kappa shape index (κ3) is 1.76. The van der Waals surface area contributed by atoms with Crippen LogP contribution in [0, 0.1) is 6.92 Å². The molecule has 0 amide bonds. The highest BCUT2D eigenvalue weighted by atomic mass is 16.3. The molecule has 17 heavy (non-hydrogen) atoms. The van der Waals surface area contributed by atoms with Crippen LogP contribution in [0.25, 0.3) is 16.9 Å². The van der Waals surface area contributed by atoms with Crippen LogP contribution in [-0.4, -0.2) is 14.5 Å². The van der Waals surface area contributed by atoms with E-state index in [1.54, 1.807) is 18.3 Å². The van der Waals surface area contributed by atoms with E-state index in [1.807, 2.05) is 10.6 Å². The zero-order chi connectivity index (χ0) is 11.8. The van der Waals surface area contributed by atoms with Gasteiger partial charge in [0.05, 0.1) is 11.9 Å². The molecule has 3 nitrogen and oxygen atoms in total. The molecule has 0 radical (unpaired) electrons. The fourth-order valence-electron chi connectivity index (χ4n) is 1.84. The van der Waals surface area contributed by atoms with Gasteiger partial charge in [-0.15, -0.1) is 0 Å². The van der Waals surface area contributed by atoms with Crippen LogP contribution >= 0.6 is 0 Å². The molecule has 2 aromatic heterocycles. The SMILES string of the molecule is Cc1ccc(-c2cn3cc(O)ccc3n2)cc1. The van der Waals surface area contributed by atoms with Crippen molar-refractivity contribution >= 4 is 5.65 Å². The lowest BCUT2D eigenvalue weighted by molar-refractivity contribution is 0.472. The molecule has 1 N–H and O–H groups in total. The topological polar surface area (TPSA) is 37.5 Å². The molecule has 0 spiro atoms. The van der Waals surface area contributed by atoms with Crippen LogP contribution in [-0.2, 0) is 0 Å². The number of aryl methyl sites for hydroxylation is 1. The quantitative estimate of drug-likeness (QED) is 0.690.